The van der Waals surface area contributed by atoms with E-state index in [-0.39, 0.29) is 5.78 Å². The van der Waals surface area contributed by atoms with Gasteiger partial charge < -0.3 is 4.98 Å². The van der Waals surface area contributed by atoms with Gasteiger partial charge in [-0.2, -0.15) is 8.75 Å². The van der Waals surface area contributed by atoms with Crippen LogP contribution in [-0.4, -0.2) is 24.5 Å². The summed E-state index contributed by atoms with van der Waals surface area (Å²) in [5.74, 6) is 0.0684. The van der Waals surface area contributed by atoms with Gasteiger partial charge in [0.25, 0.3) is 0 Å². The molecule has 0 unspecified atom stereocenters. The van der Waals surface area contributed by atoms with Gasteiger partial charge in [0.1, 0.15) is 5.69 Å². The first-order valence-corrected chi connectivity index (χ1v) is 5.34. The summed E-state index contributed by atoms with van der Waals surface area (Å²) in [7, 11) is 0. The molecule has 0 aliphatic heterocycles. The highest BCUT2D eigenvalue weighted by Gasteiger charge is 2.15. The molecule has 0 radical (unpaired) electrons. The number of hydrogen-bond donors (Lipinski definition) is 1. The number of carbonyl (C=O) groups excluding carboxylic acids is 1. The lowest BCUT2D eigenvalue weighted by atomic mass is 10.3. The van der Waals surface area contributed by atoms with E-state index in [1.807, 2.05) is 24.3 Å². The van der Waals surface area contributed by atoms with Gasteiger partial charge in [-0.1, -0.05) is 12.1 Å². The zero-order valence-electron chi connectivity index (χ0n) is 8.04. The number of aromatic amines is 1. The number of fused-ring (bicyclic) bond motifs is 1. The number of hydrogen-bond acceptors (Lipinski definition) is 5. The summed E-state index contributed by atoms with van der Waals surface area (Å²) in [6, 6.07) is 7.49. The van der Waals surface area contributed by atoms with Crippen molar-refractivity contribution in [2.75, 3.05) is 0 Å². The number of aromatic nitrogens is 4. The first-order valence-electron chi connectivity index (χ1n) is 4.61. The molecule has 0 spiro atoms. The highest BCUT2D eigenvalue weighted by molar-refractivity contribution is 6.99. The normalized spacial score (nSPS) is 10.8. The van der Waals surface area contributed by atoms with Crippen molar-refractivity contribution in [1.82, 2.24) is 18.7 Å². The van der Waals surface area contributed by atoms with Crippen LogP contribution in [0.4, 0.5) is 0 Å². The topological polar surface area (TPSA) is 71.5 Å². The zero-order valence-corrected chi connectivity index (χ0v) is 8.86. The summed E-state index contributed by atoms with van der Waals surface area (Å²) in [6.45, 7) is 0. The van der Waals surface area contributed by atoms with Crippen LogP contribution in [0.25, 0.3) is 11.0 Å². The Labute approximate surface area is 94.5 Å². The average Bonchev–Trinajstić information content (AvgIpc) is 2.97. The third kappa shape index (κ3) is 1.40. The molecule has 0 aliphatic carbocycles. The van der Waals surface area contributed by atoms with Crippen LogP contribution in [0, 0.1) is 0 Å². The van der Waals surface area contributed by atoms with E-state index in [2.05, 4.69) is 18.7 Å². The molecule has 16 heavy (non-hydrogen) atoms. The van der Waals surface area contributed by atoms with Crippen LogP contribution in [-0.2, 0) is 0 Å². The Kier molecular flexibility index (Phi) is 2.00. The summed E-state index contributed by atoms with van der Waals surface area (Å²) in [6.07, 6.45) is 1.44. The molecule has 0 aliphatic rings. The molecule has 0 atom stereocenters. The standard InChI is InChI=1S/C10H6N4OS/c15-9(8-5-11-16-14-8)10-12-6-3-1-2-4-7(6)13-10/h1-5H,(H,12,13). The number of benzene rings is 1. The zero-order chi connectivity index (χ0) is 11.0. The first-order chi connectivity index (χ1) is 7.84. The van der Waals surface area contributed by atoms with Crippen molar-refractivity contribution >= 4 is 28.5 Å². The van der Waals surface area contributed by atoms with Gasteiger partial charge in [0.2, 0.25) is 5.78 Å². The largest absolute Gasteiger partial charge is 0.335 e. The number of ketones is 1. The molecule has 0 bridgehead atoms. The van der Waals surface area contributed by atoms with E-state index >= 15 is 0 Å². The number of H-pyrrole nitrogens is 1. The predicted octanol–water partition coefficient (Wildman–Crippen LogP) is 1.65. The Bertz CT molecular complexity index is 611. The Balaban J connectivity index is 2.10. The molecule has 1 aromatic carbocycles. The molecule has 1 N–H and O–H groups in total. The molecule has 0 amide bonds. The fourth-order valence-corrected chi connectivity index (χ4v) is 1.86. The summed E-state index contributed by atoms with van der Waals surface area (Å²) in [5.41, 5.74) is 1.94. The number of nitrogens with one attached hydrogen (secondary N) is 1. The Morgan fingerprint density at radius 3 is 2.94 bits per heavy atom. The Hall–Kier alpha value is -2.08. The molecular weight excluding hydrogens is 224 g/mol. The van der Waals surface area contributed by atoms with Crippen LogP contribution < -0.4 is 0 Å². The molecule has 0 saturated heterocycles. The fraction of sp³-hybridized carbons (Fsp3) is 0. The van der Waals surface area contributed by atoms with Gasteiger partial charge in [-0.3, -0.25) is 4.79 Å². The third-order valence-corrected chi connectivity index (χ3v) is 2.68. The second kappa shape index (κ2) is 3.49. The van der Waals surface area contributed by atoms with E-state index in [1.165, 1.54) is 6.20 Å². The second-order valence-corrected chi connectivity index (χ2v) is 3.78. The van der Waals surface area contributed by atoms with Crippen LogP contribution in [0.3, 0.4) is 0 Å². The van der Waals surface area contributed by atoms with Gasteiger partial charge in [-0.25, -0.2) is 4.98 Å². The summed E-state index contributed by atoms with van der Waals surface area (Å²) in [4.78, 5) is 19.0. The van der Waals surface area contributed by atoms with E-state index in [9.17, 15) is 4.79 Å². The van der Waals surface area contributed by atoms with Crippen molar-refractivity contribution in [3.8, 4) is 0 Å². The number of carbonyl (C=O) groups is 1. The average molecular weight is 230 g/mol. The SMILES string of the molecule is O=C(c1cnsn1)c1nc2ccccc2[nH]1. The molecular formula is C10H6N4OS. The lowest BCUT2D eigenvalue weighted by molar-refractivity contribution is 0.102. The van der Waals surface area contributed by atoms with E-state index in [0.29, 0.717) is 11.5 Å². The number of rotatable bonds is 2. The van der Waals surface area contributed by atoms with Gasteiger partial charge in [-0.15, -0.1) is 0 Å². The number of nitrogens with zero attached hydrogens (tertiary/aromatic N) is 3. The highest BCUT2D eigenvalue weighted by Crippen LogP contribution is 2.12. The van der Waals surface area contributed by atoms with Crippen LogP contribution in [0.5, 0.6) is 0 Å². The summed E-state index contributed by atoms with van der Waals surface area (Å²) >= 11 is 1.01. The monoisotopic (exact) mass is 230 g/mol. The molecule has 3 aromatic rings. The smallest absolute Gasteiger partial charge is 0.249 e. The number of imidazole rings is 1. The van der Waals surface area contributed by atoms with E-state index in [4.69, 9.17) is 0 Å². The molecule has 2 heterocycles. The van der Waals surface area contributed by atoms with E-state index < -0.39 is 0 Å². The van der Waals surface area contributed by atoms with Crippen molar-refractivity contribution in [3.63, 3.8) is 0 Å². The predicted molar refractivity (Wildman–Crippen MR) is 59.4 cm³/mol. The molecule has 2 aromatic heterocycles. The lowest BCUT2D eigenvalue weighted by Gasteiger charge is -1.88. The van der Waals surface area contributed by atoms with Crippen LogP contribution >= 0.6 is 11.7 Å². The van der Waals surface area contributed by atoms with E-state index in [1.54, 1.807) is 0 Å². The van der Waals surface area contributed by atoms with Crippen molar-refractivity contribution in [2.45, 2.75) is 0 Å². The summed E-state index contributed by atoms with van der Waals surface area (Å²) in [5, 5.41) is 0. The van der Waals surface area contributed by atoms with Gasteiger partial charge in [-0.05, 0) is 12.1 Å². The quantitative estimate of drug-likeness (QED) is 0.679. The van der Waals surface area contributed by atoms with Gasteiger partial charge in [0.05, 0.1) is 29.0 Å². The van der Waals surface area contributed by atoms with Crippen molar-refractivity contribution in [1.29, 1.82) is 0 Å². The first kappa shape index (κ1) is 9.17. The van der Waals surface area contributed by atoms with Gasteiger partial charge in [0, 0.05) is 0 Å². The molecule has 78 valence electrons. The maximum atomic E-state index is 11.9. The van der Waals surface area contributed by atoms with Gasteiger partial charge >= 0.3 is 0 Å². The molecule has 0 fully saturated rings. The minimum atomic E-state index is -0.232. The fourth-order valence-electron chi connectivity index (χ4n) is 1.45. The highest BCUT2D eigenvalue weighted by atomic mass is 32.1. The molecule has 6 heteroatoms. The minimum Gasteiger partial charge on any atom is -0.335 e. The molecule has 5 nitrogen and oxygen atoms in total. The molecule has 0 saturated carbocycles. The maximum Gasteiger partial charge on any atom is 0.249 e. The minimum absolute atomic E-state index is 0.232. The van der Waals surface area contributed by atoms with Crippen molar-refractivity contribution in [2.24, 2.45) is 0 Å². The number of para-hydroxylation sites is 2. The van der Waals surface area contributed by atoms with E-state index in [0.717, 1.165) is 22.8 Å². The van der Waals surface area contributed by atoms with Crippen LogP contribution in [0.15, 0.2) is 30.5 Å². The van der Waals surface area contributed by atoms with Crippen LogP contribution in [0.1, 0.15) is 16.3 Å². The maximum absolute atomic E-state index is 11.9. The Morgan fingerprint density at radius 1 is 1.31 bits per heavy atom. The van der Waals surface area contributed by atoms with Gasteiger partial charge in [0.15, 0.2) is 5.82 Å². The molecule has 3 rings (SSSR count). The van der Waals surface area contributed by atoms with Crippen LogP contribution in [0.2, 0.25) is 0 Å². The van der Waals surface area contributed by atoms with Crippen molar-refractivity contribution < 1.29 is 4.79 Å². The third-order valence-electron chi connectivity index (χ3n) is 2.20. The Morgan fingerprint density at radius 2 is 2.19 bits per heavy atom. The lowest BCUT2D eigenvalue weighted by Crippen LogP contribution is -2.03. The summed E-state index contributed by atoms with van der Waals surface area (Å²) < 4.78 is 7.67. The van der Waals surface area contributed by atoms with Crippen molar-refractivity contribution in [3.05, 3.63) is 42.0 Å². The second-order valence-electron chi connectivity index (χ2n) is 3.22.